The zero-order valence-corrected chi connectivity index (χ0v) is 13.0. The van der Waals surface area contributed by atoms with Gasteiger partial charge in [0.2, 0.25) is 0 Å². The molecule has 0 amide bonds. The summed E-state index contributed by atoms with van der Waals surface area (Å²) < 4.78 is 22.5. The second-order valence-corrected chi connectivity index (χ2v) is 7.17. The molecule has 0 bridgehead atoms. The van der Waals surface area contributed by atoms with Crippen LogP contribution in [0.25, 0.3) is 0 Å². The van der Waals surface area contributed by atoms with Crippen LogP contribution >= 0.6 is 19.4 Å². The van der Waals surface area contributed by atoms with Crippen LogP contribution in [0.2, 0.25) is 0 Å². The lowest BCUT2D eigenvalue weighted by molar-refractivity contribution is 0.147. The number of thioether (sulfide) groups is 1. The van der Waals surface area contributed by atoms with E-state index in [1.165, 1.54) is 0 Å². The normalized spacial score (nSPS) is 13.4. The van der Waals surface area contributed by atoms with Gasteiger partial charge in [-0.2, -0.15) is 0 Å². The van der Waals surface area contributed by atoms with E-state index in [1.54, 1.807) is 25.6 Å². The molecule has 0 spiro atoms. The Kier molecular flexibility index (Phi) is 7.73. The molecule has 4 nitrogen and oxygen atoms in total. The second kappa shape index (κ2) is 8.77. The smallest absolute Gasteiger partial charge is 0.358 e. The van der Waals surface area contributed by atoms with E-state index >= 15 is 0 Å². The minimum atomic E-state index is -3.39. The van der Waals surface area contributed by atoms with Crippen molar-refractivity contribution in [2.45, 2.75) is 31.0 Å². The fourth-order valence-electron chi connectivity index (χ4n) is 1.53. The molecular weight excluding hydrogens is 283 g/mol. The molecule has 6 heteroatoms. The van der Waals surface area contributed by atoms with E-state index in [4.69, 9.17) is 9.05 Å². The highest BCUT2D eigenvalue weighted by Gasteiger charge is 2.33. The number of hydrogen-bond donors (Lipinski definition) is 1. The van der Waals surface area contributed by atoms with Gasteiger partial charge in [-0.1, -0.05) is 18.2 Å². The molecular formula is C13H21O4PS. The van der Waals surface area contributed by atoms with Crippen LogP contribution in [0.5, 0.6) is 0 Å². The quantitative estimate of drug-likeness (QED) is 0.556. The molecule has 19 heavy (non-hydrogen) atoms. The lowest BCUT2D eigenvalue weighted by Crippen LogP contribution is -2.13. The van der Waals surface area contributed by atoms with Gasteiger partial charge < -0.3 is 14.2 Å². The molecule has 0 fully saturated rings. The summed E-state index contributed by atoms with van der Waals surface area (Å²) in [6.45, 7) is 3.99. The monoisotopic (exact) mass is 304 g/mol. The lowest BCUT2D eigenvalue weighted by atomic mass is 10.4. The number of aliphatic hydroxyl groups is 1. The summed E-state index contributed by atoms with van der Waals surface area (Å²) in [6, 6.07) is 9.88. The van der Waals surface area contributed by atoms with E-state index in [0.717, 1.165) is 4.90 Å². The maximum absolute atomic E-state index is 12.3. The Bertz CT molecular complexity index is 389. The van der Waals surface area contributed by atoms with E-state index < -0.39 is 13.4 Å². The highest BCUT2D eigenvalue weighted by atomic mass is 32.2. The summed E-state index contributed by atoms with van der Waals surface area (Å²) in [7, 11) is -3.39. The van der Waals surface area contributed by atoms with E-state index in [1.807, 2.05) is 30.3 Å². The van der Waals surface area contributed by atoms with Gasteiger partial charge in [0, 0.05) is 10.6 Å². The molecule has 0 aliphatic heterocycles. The largest absolute Gasteiger partial charge is 0.380 e. The van der Waals surface area contributed by atoms with Crippen molar-refractivity contribution in [1.82, 2.24) is 0 Å². The third kappa shape index (κ3) is 5.67. The van der Waals surface area contributed by atoms with E-state index in [2.05, 4.69) is 0 Å². The first kappa shape index (κ1) is 16.7. The van der Waals surface area contributed by atoms with Gasteiger partial charge in [0.15, 0.2) is 5.85 Å². The number of rotatable bonds is 9. The fraction of sp³-hybridized carbons (Fsp3) is 0.538. The fourth-order valence-corrected chi connectivity index (χ4v) is 4.21. The van der Waals surface area contributed by atoms with Crippen molar-refractivity contribution < 1.29 is 18.7 Å². The summed E-state index contributed by atoms with van der Waals surface area (Å²) >= 11 is 1.61. The molecule has 0 saturated carbocycles. The van der Waals surface area contributed by atoms with Crippen molar-refractivity contribution in [3.05, 3.63) is 30.3 Å². The minimum absolute atomic E-state index is 0.264. The number of hydrogen-bond acceptors (Lipinski definition) is 5. The minimum Gasteiger partial charge on any atom is -0.380 e. The average molecular weight is 304 g/mol. The maximum Gasteiger partial charge on any atom is 0.358 e. The predicted molar refractivity (Wildman–Crippen MR) is 78.6 cm³/mol. The third-order valence-electron chi connectivity index (χ3n) is 2.37. The Hall–Kier alpha value is -0.320. The summed E-state index contributed by atoms with van der Waals surface area (Å²) in [5, 5.41) is 9.98. The SMILES string of the molecule is CCOP(=O)(OCC)C(O)CCSc1ccccc1. The van der Waals surface area contributed by atoms with Crippen LogP contribution in [-0.4, -0.2) is 29.9 Å². The topological polar surface area (TPSA) is 55.8 Å². The molecule has 0 aliphatic carbocycles. The highest BCUT2D eigenvalue weighted by Crippen LogP contribution is 2.53. The summed E-state index contributed by atoms with van der Waals surface area (Å²) in [6.07, 6.45) is 0.372. The van der Waals surface area contributed by atoms with Crippen LogP contribution in [0.3, 0.4) is 0 Å². The van der Waals surface area contributed by atoms with Gasteiger partial charge in [-0.3, -0.25) is 4.57 Å². The first-order valence-corrected chi connectivity index (χ1v) is 8.96. The number of benzene rings is 1. The summed E-state index contributed by atoms with van der Waals surface area (Å²) in [5.41, 5.74) is 0. The van der Waals surface area contributed by atoms with Gasteiger partial charge in [0.25, 0.3) is 0 Å². The molecule has 108 valence electrons. The van der Waals surface area contributed by atoms with Gasteiger partial charge in [-0.05, 0) is 32.4 Å². The predicted octanol–water partition coefficient (Wildman–Crippen LogP) is 3.75. The lowest BCUT2D eigenvalue weighted by Gasteiger charge is -2.22. The molecule has 1 aromatic rings. The van der Waals surface area contributed by atoms with E-state index in [-0.39, 0.29) is 13.2 Å². The van der Waals surface area contributed by atoms with Crippen LogP contribution < -0.4 is 0 Å². The van der Waals surface area contributed by atoms with E-state index in [9.17, 15) is 9.67 Å². The van der Waals surface area contributed by atoms with Crippen LogP contribution in [0, 0.1) is 0 Å². The Labute approximate surface area is 119 Å². The van der Waals surface area contributed by atoms with Crippen LogP contribution in [0.4, 0.5) is 0 Å². The van der Waals surface area contributed by atoms with E-state index in [0.29, 0.717) is 12.2 Å². The average Bonchev–Trinajstić information content (AvgIpc) is 2.40. The molecule has 0 heterocycles. The van der Waals surface area contributed by atoms with Gasteiger partial charge in [-0.25, -0.2) is 0 Å². The molecule has 1 atom stereocenters. The van der Waals surface area contributed by atoms with Gasteiger partial charge >= 0.3 is 7.60 Å². The standard InChI is InChI=1S/C13H21O4PS/c1-3-16-18(15,17-4-2)13(14)10-11-19-12-8-6-5-7-9-12/h5-9,13-14H,3-4,10-11H2,1-2H3. The highest BCUT2D eigenvalue weighted by molar-refractivity contribution is 7.99. The molecule has 1 unspecified atom stereocenters. The zero-order valence-electron chi connectivity index (χ0n) is 11.3. The van der Waals surface area contributed by atoms with Crippen LogP contribution in [0.15, 0.2) is 35.2 Å². The van der Waals surface area contributed by atoms with Crippen molar-refractivity contribution in [2.24, 2.45) is 0 Å². The molecule has 1 aromatic carbocycles. The van der Waals surface area contributed by atoms with Crippen LogP contribution in [0.1, 0.15) is 20.3 Å². The Morgan fingerprint density at radius 1 is 1.21 bits per heavy atom. The van der Waals surface area contributed by atoms with Crippen molar-refractivity contribution in [2.75, 3.05) is 19.0 Å². The van der Waals surface area contributed by atoms with Crippen molar-refractivity contribution in [1.29, 1.82) is 0 Å². The van der Waals surface area contributed by atoms with Crippen LogP contribution in [-0.2, 0) is 13.6 Å². The zero-order chi connectivity index (χ0) is 14.1. The first-order chi connectivity index (χ1) is 9.12. The molecule has 0 aromatic heterocycles. The first-order valence-electron chi connectivity index (χ1n) is 6.37. The molecule has 0 aliphatic rings. The second-order valence-electron chi connectivity index (χ2n) is 3.81. The van der Waals surface area contributed by atoms with Crippen molar-refractivity contribution >= 4 is 19.4 Å². The molecule has 0 radical (unpaired) electrons. The Morgan fingerprint density at radius 3 is 2.32 bits per heavy atom. The molecule has 0 saturated heterocycles. The summed E-state index contributed by atoms with van der Waals surface area (Å²) in [5.74, 6) is -0.404. The third-order valence-corrected chi connectivity index (χ3v) is 5.64. The molecule has 1 rings (SSSR count). The maximum atomic E-state index is 12.3. The van der Waals surface area contributed by atoms with Gasteiger partial charge in [0.1, 0.15) is 0 Å². The Morgan fingerprint density at radius 2 is 1.79 bits per heavy atom. The van der Waals surface area contributed by atoms with Crippen molar-refractivity contribution in [3.63, 3.8) is 0 Å². The van der Waals surface area contributed by atoms with Gasteiger partial charge in [-0.15, -0.1) is 11.8 Å². The van der Waals surface area contributed by atoms with Gasteiger partial charge in [0.05, 0.1) is 13.2 Å². The number of aliphatic hydroxyl groups excluding tert-OH is 1. The Balaban J connectivity index is 2.44. The molecule has 1 N–H and O–H groups in total. The summed E-state index contributed by atoms with van der Waals surface area (Å²) in [4.78, 5) is 1.12. The van der Waals surface area contributed by atoms with Crippen molar-refractivity contribution in [3.8, 4) is 0 Å².